The minimum absolute atomic E-state index is 0.0934. The van der Waals surface area contributed by atoms with Gasteiger partial charge in [0.1, 0.15) is 5.69 Å². The Hall–Kier alpha value is -2.40. The number of benzene rings is 1. The van der Waals surface area contributed by atoms with Gasteiger partial charge in [-0.1, -0.05) is 32.9 Å². The number of rotatable bonds is 7. The molecule has 5 nitrogen and oxygen atoms in total. The summed E-state index contributed by atoms with van der Waals surface area (Å²) in [6, 6.07) is 11.5. The second-order valence-electron chi connectivity index (χ2n) is 6.99. The van der Waals surface area contributed by atoms with Crippen molar-refractivity contribution in [3.63, 3.8) is 0 Å². The van der Waals surface area contributed by atoms with Crippen molar-refractivity contribution in [3.8, 4) is 0 Å². The molecule has 2 N–H and O–H groups in total. The third-order valence-corrected chi connectivity index (χ3v) is 3.86. The van der Waals surface area contributed by atoms with Crippen molar-refractivity contribution < 1.29 is 9.53 Å². The first-order chi connectivity index (χ1) is 11.9. The normalized spacial score (nSPS) is 11.2. The Morgan fingerprint density at radius 1 is 1.08 bits per heavy atom. The van der Waals surface area contributed by atoms with Crippen LogP contribution in [0.5, 0.6) is 0 Å². The van der Waals surface area contributed by atoms with Crippen LogP contribution in [0, 0.1) is 0 Å². The molecular weight excluding hydrogens is 314 g/mol. The van der Waals surface area contributed by atoms with Crippen molar-refractivity contribution in [3.05, 3.63) is 53.9 Å². The van der Waals surface area contributed by atoms with Gasteiger partial charge in [-0.05, 0) is 41.7 Å². The fourth-order valence-electron chi connectivity index (χ4n) is 2.33. The van der Waals surface area contributed by atoms with E-state index in [2.05, 4.69) is 36.4 Å². The van der Waals surface area contributed by atoms with Crippen LogP contribution in [0.1, 0.15) is 43.2 Å². The van der Waals surface area contributed by atoms with E-state index in [1.165, 1.54) is 5.56 Å². The molecule has 0 saturated carbocycles. The van der Waals surface area contributed by atoms with E-state index in [4.69, 9.17) is 4.74 Å². The lowest BCUT2D eigenvalue weighted by molar-refractivity contribution is 0.102. The van der Waals surface area contributed by atoms with Crippen LogP contribution < -0.4 is 10.6 Å². The number of hydrogen-bond acceptors (Lipinski definition) is 4. The first-order valence-electron chi connectivity index (χ1n) is 8.51. The van der Waals surface area contributed by atoms with E-state index in [9.17, 15) is 4.79 Å². The lowest BCUT2D eigenvalue weighted by Gasteiger charge is -2.19. The summed E-state index contributed by atoms with van der Waals surface area (Å²) in [6.07, 6.45) is 2.59. The monoisotopic (exact) mass is 341 g/mol. The molecule has 0 bridgehead atoms. The molecule has 1 aromatic carbocycles. The van der Waals surface area contributed by atoms with E-state index in [1.807, 2.05) is 30.3 Å². The standard InChI is InChI=1S/C20H27N3O2/c1-20(2,3)15-6-8-16(9-7-15)23-19(24)18-11-10-17(14-22-18)21-12-5-13-25-4/h6-11,14,21H,5,12-13H2,1-4H3,(H,23,24). The van der Waals surface area contributed by atoms with Crippen LogP contribution in [-0.2, 0) is 10.2 Å². The number of ether oxygens (including phenoxy) is 1. The molecule has 0 radical (unpaired) electrons. The van der Waals surface area contributed by atoms with Gasteiger partial charge in [-0.25, -0.2) is 4.98 Å². The fraction of sp³-hybridized carbons (Fsp3) is 0.400. The number of nitrogens with zero attached hydrogens (tertiary/aromatic N) is 1. The minimum atomic E-state index is -0.213. The maximum atomic E-state index is 12.3. The van der Waals surface area contributed by atoms with Gasteiger partial charge in [0.2, 0.25) is 0 Å². The highest BCUT2D eigenvalue weighted by molar-refractivity contribution is 6.02. The first kappa shape index (κ1) is 18.9. The number of carbonyl (C=O) groups is 1. The van der Waals surface area contributed by atoms with Crippen LogP contribution in [-0.4, -0.2) is 31.2 Å². The maximum Gasteiger partial charge on any atom is 0.274 e. The molecule has 0 saturated heterocycles. The SMILES string of the molecule is COCCCNc1ccc(C(=O)Nc2ccc(C(C)(C)C)cc2)nc1. The molecule has 0 aliphatic carbocycles. The molecule has 5 heteroatoms. The number of nitrogens with one attached hydrogen (secondary N) is 2. The summed E-state index contributed by atoms with van der Waals surface area (Å²) in [4.78, 5) is 16.5. The molecule has 2 aromatic rings. The summed E-state index contributed by atoms with van der Waals surface area (Å²) in [7, 11) is 1.69. The predicted molar refractivity (Wildman–Crippen MR) is 102 cm³/mol. The van der Waals surface area contributed by atoms with Gasteiger partial charge in [-0.15, -0.1) is 0 Å². The second kappa shape index (κ2) is 8.62. The third-order valence-electron chi connectivity index (χ3n) is 3.86. The Kier molecular flexibility index (Phi) is 6.53. The van der Waals surface area contributed by atoms with E-state index < -0.39 is 0 Å². The van der Waals surface area contributed by atoms with Crippen LogP contribution in [0.3, 0.4) is 0 Å². The molecule has 0 aliphatic heterocycles. The summed E-state index contributed by atoms with van der Waals surface area (Å²) in [6.45, 7) is 8.01. The molecule has 1 heterocycles. The van der Waals surface area contributed by atoms with Crippen LogP contribution >= 0.6 is 0 Å². The van der Waals surface area contributed by atoms with Crippen molar-refractivity contribution in [2.45, 2.75) is 32.6 Å². The zero-order valence-corrected chi connectivity index (χ0v) is 15.4. The molecule has 0 atom stereocenters. The third kappa shape index (κ3) is 5.87. The lowest BCUT2D eigenvalue weighted by Crippen LogP contribution is -2.15. The number of pyridine rings is 1. The largest absolute Gasteiger partial charge is 0.385 e. The van der Waals surface area contributed by atoms with Gasteiger partial charge >= 0.3 is 0 Å². The highest BCUT2D eigenvalue weighted by atomic mass is 16.5. The van der Waals surface area contributed by atoms with Gasteiger partial charge in [-0.2, -0.15) is 0 Å². The van der Waals surface area contributed by atoms with Crippen LogP contribution in [0.25, 0.3) is 0 Å². The number of anilines is 2. The Labute approximate surface area is 149 Å². The quantitative estimate of drug-likeness (QED) is 0.745. The average Bonchev–Trinajstić information content (AvgIpc) is 2.59. The second-order valence-corrected chi connectivity index (χ2v) is 6.99. The van der Waals surface area contributed by atoms with Crippen molar-refractivity contribution in [1.29, 1.82) is 0 Å². The minimum Gasteiger partial charge on any atom is -0.385 e. The number of hydrogen-bond donors (Lipinski definition) is 2. The molecule has 0 spiro atoms. The summed E-state index contributed by atoms with van der Waals surface area (Å²) in [5.41, 5.74) is 3.37. The summed E-state index contributed by atoms with van der Waals surface area (Å²) >= 11 is 0. The molecule has 0 unspecified atom stereocenters. The summed E-state index contributed by atoms with van der Waals surface area (Å²) in [5.74, 6) is -0.213. The van der Waals surface area contributed by atoms with Crippen LogP contribution in [0.15, 0.2) is 42.6 Å². The average molecular weight is 341 g/mol. The Bertz CT molecular complexity index is 674. The number of methoxy groups -OCH3 is 1. The predicted octanol–water partition coefficient (Wildman–Crippen LogP) is 4.08. The van der Waals surface area contributed by atoms with Gasteiger partial charge in [-0.3, -0.25) is 4.79 Å². The lowest BCUT2D eigenvalue weighted by atomic mass is 9.87. The summed E-state index contributed by atoms with van der Waals surface area (Å²) in [5, 5.41) is 6.12. The van der Waals surface area contributed by atoms with Crippen LogP contribution in [0.4, 0.5) is 11.4 Å². The molecule has 0 fully saturated rings. The van der Waals surface area contributed by atoms with Gasteiger partial charge in [0, 0.05) is 25.9 Å². The number of amides is 1. The summed E-state index contributed by atoms with van der Waals surface area (Å²) < 4.78 is 5.00. The first-order valence-corrected chi connectivity index (χ1v) is 8.51. The number of carbonyl (C=O) groups excluding carboxylic acids is 1. The molecule has 0 aliphatic rings. The van der Waals surface area contributed by atoms with E-state index in [0.717, 1.165) is 30.9 Å². The van der Waals surface area contributed by atoms with Crippen molar-refractivity contribution in [2.24, 2.45) is 0 Å². The van der Waals surface area contributed by atoms with E-state index in [0.29, 0.717) is 5.69 Å². The van der Waals surface area contributed by atoms with Crippen molar-refractivity contribution in [1.82, 2.24) is 4.98 Å². The Balaban J connectivity index is 1.92. The smallest absolute Gasteiger partial charge is 0.274 e. The molecule has 1 amide bonds. The topological polar surface area (TPSA) is 63.2 Å². The maximum absolute atomic E-state index is 12.3. The van der Waals surface area contributed by atoms with E-state index in [-0.39, 0.29) is 11.3 Å². The molecule has 2 rings (SSSR count). The zero-order valence-electron chi connectivity index (χ0n) is 15.4. The number of aromatic nitrogens is 1. The van der Waals surface area contributed by atoms with E-state index >= 15 is 0 Å². The molecular formula is C20H27N3O2. The molecule has 25 heavy (non-hydrogen) atoms. The Morgan fingerprint density at radius 2 is 1.76 bits per heavy atom. The Morgan fingerprint density at radius 3 is 2.32 bits per heavy atom. The van der Waals surface area contributed by atoms with Crippen molar-refractivity contribution in [2.75, 3.05) is 30.9 Å². The van der Waals surface area contributed by atoms with Crippen molar-refractivity contribution >= 4 is 17.3 Å². The molecule has 134 valence electrons. The highest BCUT2D eigenvalue weighted by Crippen LogP contribution is 2.23. The van der Waals surface area contributed by atoms with Gasteiger partial charge in [0.15, 0.2) is 0 Å². The molecule has 1 aromatic heterocycles. The highest BCUT2D eigenvalue weighted by Gasteiger charge is 2.13. The van der Waals surface area contributed by atoms with Gasteiger partial charge in [0.05, 0.1) is 11.9 Å². The van der Waals surface area contributed by atoms with Crippen LogP contribution in [0.2, 0.25) is 0 Å². The van der Waals surface area contributed by atoms with Gasteiger partial charge < -0.3 is 15.4 Å². The zero-order chi connectivity index (χ0) is 18.3. The van der Waals surface area contributed by atoms with E-state index in [1.54, 1.807) is 19.4 Å². The van der Waals surface area contributed by atoms with Gasteiger partial charge in [0.25, 0.3) is 5.91 Å². The fourth-order valence-corrected chi connectivity index (χ4v) is 2.33.